The number of hydrogen-bond acceptors (Lipinski definition) is 11. The summed E-state index contributed by atoms with van der Waals surface area (Å²) < 4.78 is 14.7. The fraction of sp³-hybridized carbons (Fsp3) is 0.375. The molecule has 2 aliphatic heterocycles. The lowest BCUT2D eigenvalue weighted by atomic mass is 9.71. The van der Waals surface area contributed by atoms with Gasteiger partial charge in [-0.1, -0.05) is 36.4 Å². The highest BCUT2D eigenvalue weighted by molar-refractivity contribution is 6.00. The van der Waals surface area contributed by atoms with Gasteiger partial charge in [0.1, 0.15) is 0 Å². The van der Waals surface area contributed by atoms with Crippen LogP contribution in [0.2, 0.25) is 0 Å². The van der Waals surface area contributed by atoms with Crippen molar-refractivity contribution in [3.8, 4) is 0 Å². The molecule has 13 nitrogen and oxygen atoms in total. The lowest BCUT2D eigenvalue weighted by Gasteiger charge is -2.33. The number of esters is 6. The molecule has 0 aromatic heterocycles. The number of ether oxygens (including phenoxy) is 3. The van der Waals surface area contributed by atoms with E-state index in [0.717, 1.165) is 0 Å². The van der Waals surface area contributed by atoms with Crippen LogP contribution in [-0.2, 0) is 65.4 Å². The van der Waals surface area contributed by atoms with E-state index >= 15 is 0 Å². The van der Waals surface area contributed by atoms with Crippen LogP contribution in [-0.4, -0.2) is 58.0 Å². The molecule has 0 amide bonds. The van der Waals surface area contributed by atoms with E-state index in [1.54, 1.807) is 12.1 Å². The van der Waals surface area contributed by atoms with Crippen molar-refractivity contribution in [3.05, 3.63) is 69.8 Å². The van der Waals surface area contributed by atoms with Gasteiger partial charge in [-0.2, -0.15) is 0 Å². The highest BCUT2D eigenvalue weighted by atomic mass is 16.6. The standard InChI is InChI=1S/C32H26O13/c33-23-11-21(29(39)43-23)13-3-1-5-17-15(13)7-9-19(27(35)36)25(17)31(41)45-32(42)26-18-6-2-4-14(22-12-24(34)44-30(22)40)16(18)8-10-20(26)28(37)38/h1-6,19-22,25-26H,7-12H2,(H,35,36)(H,37,38). The van der Waals surface area contributed by atoms with E-state index < -0.39 is 83.3 Å². The number of carboxylic acid groups (broad SMARTS) is 2. The van der Waals surface area contributed by atoms with Gasteiger partial charge in [-0.3, -0.25) is 38.4 Å². The predicted molar refractivity (Wildman–Crippen MR) is 145 cm³/mol. The maximum Gasteiger partial charge on any atom is 0.321 e. The van der Waals surface area contributed by atoms with Crippen molar-refractivity contribution in [1.29, 1.82) is 0 Å². The number of fused-ring (bicyclic) bond motifs is 2. The molecule has 2 aromatic rings. The van der Waals surface area contributed by atoms with E-state index in [2.05, 4.69) is 9.47 Å². The molecule has 6 unspecified atom stereocenters. The molecule has 4 aliphatic rings. The van der Waals surface area contributed by atoms with Crippen molar-refractivity contribution < 1.29 is 62.8 Å². The number of carboxylic acids is 2. The second-order valence-electron chi connectivity index (χ2n) is 11.6. The third-order valence-corrected chi connectivity index (χ3v) is 9.22. The van der Waals surface area contributed by atoms with Crippen LogP contribution in [0.5, 0.6) is 0 Å². The van der Waals surface area contributed by atoms with E-state index in [9.17, 15) is 48.6 Å². The topological polar surface area (TPSA) is 205 Å². The van der Waals surface area contributed by atoms with Crippen LogP contribution in [0.25, 0.3) is 0 Å². The van der Waals surface area contributed by atoms with Gasteiger partial charge in [0, 0.05) is 0 Å². The van der Waals surface area contributed by atoms with Crippen LogP contribution >= 0.6 is 0 Å². The van der Waals surface area contributed by atoms with E-state index in [1.807, 2.05) is 0 Å². The fourth-order valence-electron chi connectivity index (χ4n) is 7.19. The maximum absolute atomic E-state index is 13.7. The first kappa shape index (κ1) is 29.9. The predicted octanol–water partition coefficient (Wildman–Crippen LogP) is 2.03. The number of carbonyl (C=O) groups excluding carboxylic acids is 6. The molecule has 2 aliphatic carbocycles. The lowest BCUT2D eigenvalue weighted by molar-refractivity contribution is -0.168. The molecule has 13 heteroatoms. The summed E-state index contributed by atoms with van der Waals surface area (Å²) in [7, 11) is 0. The summed E-state index contributed by atoms with van der Waals surface area (Å²) in [6, 6.07) is 9.20. The molecule has 2 fully saturated rings. The molecular formula is C32H26O13. The zero-order valence-electron chi connectivity index (χ0n) is 23.6. The average Bonchev–Trinajstić information content (AvgIpc) is 3.52. The van der Waals surface area contributed by atoms with Crippen molar-refractivity contribution in [2.24, 2.45) is 11.8 Å². The molecular weight excluding hydrogens is 592 g/mol. The van der Waals surface area contributed by atoms with Gasteiger partial charge in [0.05, 0.1) is 48.3 Å². The van der Waals surface area contributed by atoms with Gasteiger partial charge in [-0.05, 0) is 59.1 Å². The van der Waals surface area contributed by atoms with Gasteiger partial charge in [0.15, 0.2) is 0 Å². The van der Waals surface area contributed by atoms with E-state index in [1.165, 1.54) is 24.3 Å². The quantitative estimate of drug-likeness (QED) is 0.270. The largest absolute Gasteiger partial charge is 0.481 e. The molecule has 6 atom stereocenters. The smallest absolute Gasteiger partial charge is 0.321 e. The van der Waals surface area contributed by atoms with Gasteiger partial charge in [0.2, 0.25) is 0 Å². The van der Waals surface area contributed by atoms with Crippen LogP contribution in [0.15, 0.2) is 36.4 Å². The molecule has 2 heterocycles. The zero-order valence-corrected chi connectivity index (χ0v) is 23.6. The highest BCUT2D eigenvalue weighted by Crippen LogP contribution is 2.45. The molecule has 0 spiro atoms. The van der Waals surface area contributed by atoms with Crippen LogP contribution in [0, 0.1) is 11.8 Å². The molecule has 0 bridgehead atoms. The van der Waals surface area contributed by atoms with E-state index in [-0.39, 0.29) is 49.7 Å². The Bertz CT molecular complexity index is 1580. The van der Waals surface area contributed by atoms with Gasteiger partial charge in [0.25, 0.3) is 0 Å². The molecule has 2 saturated heterocycles. The molecule has 2 aromatic carbocycles. The Balaban J connectivity index is 1.35. The van der Waals surface area contributed by atoms with Crippen molar-refractivity contribution in [2.75, 3.05) is 0 Å². The Morgan fingerprint density at radius 2 is 1.00 bits per heavy atom. The van der Waals surface area contributed by atoms with Gasteiger partial charge >= 0.3 is 47.8 Å². The highest BCUT2D eigenvalue weighted by Gasteiger charge is 2.47. The zero-order chi connectivity index (χ0) is 32.2. The summed E-state index contributed by atoms with van der Waals surface area (Å²) >= 11 is 0. The van der Waals surface area contributed by atoms with Gasteiger partial charge in [-0.25, -0.2) is 0 Å². The Hall–Kier alpha value is -5.20. The Morgan fingerprint density at radius 3 is 1.33 bits per heavy atom. The monoisotopic (exact) mass is 618 g/mol. The van der Waals surface area contributed by atoms with Crippen molar-refractivity contribution in [1.82, 2.24) is 0 Å². The normalized spacial score (nSPS) is 27.2. The Kier molecular flexibility index (Phi) is 7.55. The molecule has 0 saturated carbocycles. The number of carbonyl (C=O) groups is 8. The fourth-order valence-corrected chi connectivity index (χ4v) is 7.19. The van der Waals surface area contributed by atoms with Crippen LogP contribution in [0.3, 0.4) is 0 Å². The van der Waals surface area contributed by atoms with Gasteiger partial charge in [-0.15, -0.1) is 0 Å². The first-order valence-electron chi connectivity index (χ1n) is 14.4. The van der Waals surface area contributed by atoms with E-state index in [4.69, 9.17) is 4.74 Å². The summed E-state index contributed by atoms with van der Waals surface area (Å²) in [4.78, 5) is 100. The third-order valence-electron chi connectivity index (χ3n) is 9.22. The number of rotatable bonds is 6. The summed E-state index contributed by atoms with van der Waals surface area (Å²) in [5.74, 6) is -15.3. The van der Waals surface area contributed by atoms with Gasteiger partial charge < -0.3 is 24.4 Å². The number of cyclic esters (lactones) is 4. The number of aliphatic carboxylic acids is 2. The number of benzene rings is 2. The average molecular weight is 619 g/mol. The summed E-state index contributed by atoms with van der Waals surface area (Å²) in [5.41, 5.74) is 2.24. The first-order chi connectivity index (χ1) is 21.5. The lowest BCUT2D eigenvalue weighted by Crippen LogP contribution is -2.38. The van der Waals surface area contributed by atoms with Crippen LogP contribution < -0.4 is 0 Å². The SMILES string of the molecule is O=C1CC(c2cccc3c2CCC(C(=O)O)C3C(=O)OC(=O)C2c3cccc(C4CC(=O)OC4=O)c3CCC2C(=O)O)C(=O)O1. The minimum absolute atomic E-state index is 0.0351. The van der Waals surface area contributed by atoms with Crippen molar-refractivity contribution in [2.45, 2.75) is 62.2 Å². The maximum atomic E-state index is 13.7. The summed E-state index contributed by atoms with van der Waals surface area (Å²) in [6.07, 6.45) is -0.150. The molecule has 232 valence electrons. The summed E-state index contributed by atoms with van der Waals surface area (Å²) in [6.45, 7) is 0. The second kappa shape index (κ2) is 11.4. The second-order valence-corrected chi connectivity index (χ2v) is 11.6. The van der Waals surface area contributed by atoms with Crippen molar-refractivity contribution >= 4 is 47.8 Å². The van der Waals surface area contributed by atoms with Crippen molar-refractivity contribution in [3.63, 3.8) is 0 Å². The summed E-state index contributed by atoms with van der Waals surface area (Å²) in [5, 5.41) is 20.0. The Labute approximate surface area is 254 Å². The molecule has 6 rings (SSSR count). The Morgan fingerprint density at radius 1 is 0.622 bits per heavy atom. The molecule has 45 heavy (non-hydrogen) atoms. The van der Waals surface area contributed by atoms with Crippen LogP contribution in [0.4, 0.5) is 0 Å². The molecule has 0 radical (unpaired) electrons. The minimum atomic E-state index is -1.47. The van der Waals surface area contributed by atoms with Crippen LogP contribution in [0.1, 0.15) is 82.7 Å². The molecule has 2 N–H and O–H groups in total. The third kappa shape index (κ3) is 5.17. The van der Waals surface area contributed by atoms with E-state index in [0.29, 0.717) is 22.3 Å². The number of hydrogen-bond donors (Lipinski definition) is 2. The first-order valence-corrected chi connectivity index (χ1v) is 14.4. The minimum Gasteiger partial charge on any atom is -0.481 e.